The average Bonchev–Trinajstić information content (AvgIpc) is 2.29. The molecule has 1 aliphatic carbocycles. The molecule has 2 unspecified atom stereocenters. The summed E-state index contributed by atoms with van der Waals surface area (Å²) < 4.78 is 0. The Bertz CT molecular complexity index is 497. The normalized spacial score (nSPS) is 26.7. The molecule has 0 amide bonds. The fraction of sp³-hybridized carbons (Fsp3) is 0.385. The van der Waals surface area contributed by atoms with Gasteiger partial charge in [-0.25, -0.2) is 0 Å². The molecule has 0 bridgehead atoms. The van der Waals surface area contributed by atoms with Crippen molar-refractivity contribution >= 4 is 28.8 Å². The number of benzene rings is 1. The first-order valence-electron chi connectivity index (χ1n) is 5.57. The van der Waals surface area contributed by atoms with Crippen LogP contribution >= 0.6 is 17.0 Å². The maximum absolute atomic E-state index is 9.71. The Balaban J connectivity index is 0.000000963. The Kier molecular flexibility index (Phi) is 3.36. The minimum absolute atomic E-state index is 0. The first kappa shape index (κ1) is 11.7. The van der Waals surface area contributed by atoms with Crippen molar-refractivity contribution in [3.8, 4) is 0 Å². The van der Waals surface area contributed by atoms with Crippen molar-refractivity contribution < 1.29 is 5.11 Å². The minimum Gasteiger partial charge on any atom is -0.393 e. The highest BCUT2D eigenvalue weighted by molar-refractivity contribution is 8.93. The molecule has 0 saturated heterocycles. The summed E-state index contributed by atoms with van der Waals surface area (Å²) in [7, 11) is 0. The van der Waals surface area contributed by atoms with Gasteiger partial charge in [0.05, 0.1) is 6.10 Å². The van der Waals surface area contributed by atoms with Crippen LogP contribution < -0.4 is 15.8 Å². The van der Waals surface area contributed by atoms with Gasteiger partial charge in [0.15, 0.2) is 0 Å². The average molecular weight is 282 g/mol. The molecule has 0 radical (unpaired) electrons. The predicted molar refractivity (Wildman–Crippen MR) is 70.7 cm³/mol. The molecule has 0 aromatic heterocycles. The second-order valence-corrected chi connectivity index (χ2v) is 4.41. The van der Waals surface area contributed by atoms with Crippen LogP contribution in [0.15, 0.2) is 24.3 Å². The van der Waals surface area contributed by atoms with Gasteiger partial charge >= 0.3 is 0 Å². The molecule has 16 heavy (non-hydrogen) atoms. The van der Waals surface area contributed by atoms with Crippen LogP contribution in [0.2, 0.25) is 0 Å². The lowest BCUT2D eigenvalue weighted by atomic mass is 9.85. The van der Waals surface area contributed by atoms with Crippen LogP contribution in [0.4, 0.5) is 0 Å². The van der Waals surface area contributed by atoms with Crippen LogP contribution in [0.3, 0.4) is 0 Å². The highest BCUT2D eigenvalue weighted by Gasteiger charge is 2.25. The van der Waals surface area contributed by atoms with Gasteiger partial charge in [-0.2, -0.15) is 0 Å². The van der Waals surface area contributed by atoms with Crippen molar-refractivity contribution in [1.29, 1.82) is 0 Å². The number of aliphatic hydroxyl groups excluding tert-OH is 1. The van der Waals surface area contributed by atoms with E-state index in [0.29, 0.717) is 6.04 Å². The van der Waals surface area contributed by atoms with Crippen LogP contribution in [-0.4, -0.2) is 17.3 Å². The fourth-order valence-electron chi connectivity index (χ4n) is 2.62. The SMILES string of the molecule is Br.OC1CCC2NC=c3ccccc3=C2C1. The van der Waals surface area contributed by atoms with Crippen LogP contribution in [0, 0.1) is 0 Å². The quantitative estimate of drug-likeness (QED) is 0.733. The summed E-state index contributed by atoms with van der Waals surface area (Å²) in [5.41, 5.74) is 1.38. The topological polar surface area (TPSA) is 32.3 Å². The van der Waals surface area contributed by atoms with E-state index in [0.717, 1.165) is 19.3 Å². The molecule has 86 valence electrons. The van der Waals surface area contributed by atoms with E-state index in [1.54, 1.807) is 0 Å². The molecule has 2 atom stereocenters. The van der Waals surface area contributed by atoms with Gasteiger partial charge in [-0.15, -0.1) is 17.0 Å². The standard InChI is InChI=1S/C13H15NO.BrH/c15-10-5-6-13-12(7-10)11-4-2-1-3-9(11)8-14-13;/h1-4,8,10,13-15H,5-7H2;1H. The zero-order chi connectivity index (χ0) is 10.3. The summed E-state index contributed by atoms with van der Waals surface area (Å²) >= 11 is 0. The molecule has 2 nitrogen and oxygen atoms in total. The third-order valence-corrected chi connectivity index (χ3v) is 3.41. The van der Waals surface area contributed by atoms with Crippen LogP contribution in [-0.2, 0) is 0 Å². The highest BCUT2D eigenvalue weighted by atomic mass is 79.9. The van der Waals surface area contributed by atoms with Crippen LogP contribution in [0.1, 0.15) is 19.3 Å². The largest absolute Gasteiger partial charge is 0.393 e. The molecule has 2 N–H and O–H groups in total. The lowest BCUT2D eigenvalue weighted by Gasteiger charge is -2.31. The van der Waals surface area contributed by atoms with E-state index < -0.39 is 0 Å². The molecule has 1 fully saturated rings. The van der Waals surface area contributed by atoms with E-state index in [2.05, 4.69) is 35.8 Å². The maximum Gasteiger partial charge on any atom is 0.0579 e. The summed E-state index contributed by atoms with van der Waals surface area (Å²) in [6.07, 6.45) is 4.73. The summed E-state index contributed by atoms with van der Waals surface area (Å²) in [5, 5.41) is 15.7. The van der Waals surface area contributed by atoms with Crippen molar-refractivity contribution in [2.45, 2.75) is 31.4 Å². The molecule has 3 rings (SSSR count). The second kappa shape index (κ2) is 4.60. The van der Waals surface area contributed by atoms with E-state index in [1.165, 1.54) is 16.0 Å². The molecule has 1 heterocycles. The van der Waals surface area contributed by atoms with Crippen molar-refractivity contribution in [3.05, 3.63) is 34.7 Å². The Morgan fingerprint density at radius 3 is 2.88 bits per heavy atom. The van der Waals surface area contributed by atoms with Crippen molar-refractivity contribution in [3.63, 3.8) is 0 Å². The predicted octanol–water partition coefficient (Wildman–Crippen LogP) is 0.670. The molecule has 0 spiro atoms. The molecular weight excluding hydrogens is 266 g/mol. The van der Waals surface area contributed by atoms with E-state index in [9.17, 15) is 5.11 Å². The van der Waals surface area contributed by atoms with Gasteiger partial charge < -0.3 is 10.4 Å². The van der Waals surface area contributed by atoms with Gasteiger partial charge in [-0.1, -0.05) is 24.3 Å². The number of aliphatic hydroxyl groups is 1. The second-order valence-electron chi connectivity index (χ2n) is 4.41. The molecule has 1 saturated carbocycles. The number of hydrogen-bond donors (Lipinski definition) is 2. The number of fused-ring (bicyclic) bond motifs is 2. The molecule has 1 aromatic rings. The first-order chi connectivity index (χ1) is 7.34. The zero-order valence-electron chi connectivity index (χ0n) is 9.02. The minimum atomic E-state index is -0.149. The van der Waals surface area contributed by atoms with Crippen molar-refractivity contribution in [1.82, 2.24) is 5.32 Å². The molecule has 1 aliphatic heterocycles. The van der Waals surface area contributed by atoms with Crippen molar-refractivity contribution in [2.24, 2.45) is 0 Å². The van der Waals surface area contributed by atoms with Gasteiger partial charge in [0.25, 0.3) is 0 Å². The van der Waals surface area contributed by atoms with Crippen molar-refractivity contribution in [2.75, 3.05) is 0 Å². The summed E-state index contributed by atoms with van der Waals surface area (Å²) in [5.74, 6) is 0. The van der Waals surface area contributed by atoms with E-state index in [-0.39, 0.29) is 23.1 Å². The summed E-state index contributed by atoms with van der Waals surface area (Å²) in [4.78, 5) is 0. The number of hydrogen-bond acceptors (Lipinski definition) is 2. The summed E-state index contributed by atoms with van der Waals surface area (Å²) in [6, 6.07) is 8.85. The molecule has 3 heteroatoms. The third-order valence-electron chi connectivity index (χ3n) is 3.41. The lowest BCUT2D eigenvalue weighted by molar-refractivity contribution is 0.152. The molecule has 2 aliphatic rings. The van der Waals surface area contributed by atoms with Gasteiger partial charge in [-0.3, -0.25) is 0 Å². The fourth-order valence-corrected chi connectivity index (χ4v) is 2.62. The van der Waals surface area contributed by atoms with Crippen LogP contribution in [0.25, 0.3) is 11.8 Å². The Morgan fingerprint density at radius 2 is 2.00 bits per heavy atom. The summed E-state index contributed by atoms with van der Waals surface area (Å²) in [6.45, 7) is 0. The van der Waals surface area contributed by atoms with E-state index in [4.69, 9.17) is 0 Å². The van der Waals surface area contributed by atoms with Gasteiger partial charge in [0.1, 0.15) is 0 Å². The maximum atomic E-state index is 9.71. The first-order valence-corrected chi connectivity index (χ1v) is 5.57. The smallest absolute Gasteiger partial charge is 0.0579 e. The monoisotopic (exact) mass is 281 g/mol. The Morgan fingerprint density at radius 1 is 1.19 bits per heavy atom. The third kappa shape index (κ3) is 1.89. The lowest BCUT2D eigenvalue weighted by Crippen LogP contribution is -2.45. The molecule has 1 aromatic carbocycles. The Labute approximate surface area is 105 Å². The van der Waals surface area contributed by atoms with E-state index in [1.807, 2.05) is 0 Å². The number of rotatable bonds is 0. The van der Waals surface area contributed by atoms with Gasteiger partial charge in [0, 0.05) is 12.2 Å². The number of halogens is 1. The van der Waals surface area contributed by atoms with Gasteiger partial charge in [0.2, 0.25) is 0 Å². The Hall–Kier alpha value is -0.800. The molecular formula is C13H16BrNO. The van der Waals surface area contributed by atoms with Gasteiger partial charge in [-0.05, 0) is 35.3 Å². The highest BCUT2D eigenvalue weighted by Crippen LogP contribution is 2.24. The van der Waals surface area contributed by atoms with E-state index >= 15 is 0 Å². The zero-order valence-corrected chi connectivity index (χ0v) is 10.7. The van der Waals surface area contributed by atoms with Crippen LogP contribution in [0.5, 0.6) is 0 Å². The number of nitrogens with one attached hydrogen (secondary N) is 1.